The van der Waals surface area contributed by atoms with Crippen molar-refractivity contribution < 1.29 is 14.7 Å². The Kier molecular flexibility index (Phi) is 5.50. The van der Waals surface area contributed by atoms with Crippen LogP contribution in [-0.2, 0) is 22.7 Å². The Morgan fingerprint density at radius 3 is 2.48 bits per heavy atom. The van der Waals surface area contributed by atoms with Gasteiger partial charge in [-0.2, -0.15) is 0 Å². The Labute approximate surface area is 134 Å². The molecule has 2 amide bonds. The molecule has 3 N–H and O–H groups in total. The first-order valence-electron chi connectivity index (χ1n) is 6.97. The number of aliphatic hydroxyl groups excluding tert-OH is 1. The second-order valence-electron chi connectivity index (χ2n) is 4.79. The number of carbonyl (C=O) groups excluding carboxylic acids is 2. The van der Waals surface area contributed by atoms with Gasteiger partial charge < -0.3 is 15.7 Å². The molecule has 0 heterocycles. The Balaban J connectivity index is 1.95. The van der Waals surface area contributed by atoms with Crippen LogP contribution in [0.4, 0.5) is 5.69 Å². The molecule has 0 unspecified atom stereocenters. The van der Waals surface area contributed by atoms with Crippen molar-refractivity contribution in [1.29, 1.82) is 0 Å². The van der Waals surface area contributed by atoms with Crippen LogP contribution in [0.15, 0.2) is 48.5 Å². The molecule has 23 heavy (non-hydrogen) atoms. The Morgan fingerprint density at radius 1 is 1.04 bits per heavy atom. The van der Waals surface area contributed by atoms with Gasteiger partial charge in [0, 0.05) is 17.8 Å². The van der Waals surface area contributed by atoms with Gasteiger partial charge in [0.15, 0.2) is 0 Å². The molecule has 0 aromatic heterocycles. The highest BCUT2D eigenvalue weighted by molar-refractivity contribution is 6.39. The molecule has 5 heteroatoms. The average molecular weight is 308 g/mol. The van der Waals surface area contributed by atoms with Crippen molar-refractivity contribution in [2.75, 3.05) is 5.32 Å². The maximum absolute atomic E-state index is 11.9. The molecule has 0 aliphatic carbocycles. The highest BCUT2D eigenvalue weighted by Crippen LogP contribution is 2.10. The fourth-order valence-corrected chi connectivity index (χ4v) is 2.01. The molecule has 0 saturated carbocycles. The molecule has 2 rings (SSSR count). The SMILES string of the molecule is C#Cc1cccc(NC(=O)C(=O)NCc2ccccc2CO)c1. The Bertz CT molecular complexity index is 763. The monoisotopic (exact) mass is 308 g/mol. The summed E-state index contributed by atoms with van der Waals surface area (Å²) in [4.78, 5) is 23.7. The summed E-state index contributed by atoms with van der Waals surface area (Å²) in [5.74, 6) is 0.916. The van der Waals surface area contributed by atoms with Gasteiger partial charge in [-0.05, 0) is 29.3 Å². The first-order chi connectivity index (χ1) is 11.1. The molecular formula is C18H16N2O3. The van der Waals surface area contributed by atoms with Crippen LogP contribution in [0.2, 0.25) is 0 Å². The minimum Gasteiger partial charge on any atom is -0.392 e. The summed E-state index contributed by atoms with van der Waals surface area (Å²) in [6.45, 7) is 0.0322. The molecule has 0 saturated heterocycles. The maximum atomic E-state index is 11.9. The largest absolute Gasteiger partial charge is 0.392 e. The van der Waals surface area contributed by atoms with Gasteiger partial charge in [0.25, 0.3) is 0 Å². The predicted octanol–water partition coefficient (Wildman–Crippen LogP) is 1.42. The van der Waals surface area contributed by atoms with E-state index < -0.39 is 11.8 Å². The van der Waals surface area contributed by atoms with Crippen molar-refractivity contribution in [3.63, 3.8) is 0 Å². The van der Waals surface area contributed by atoms with Crippen molar-refractivity contribution in [2.45, 2.75) is 13.2 Å². The summed E-state index contributed by atoms with van der Waals surface area (Å²) < 4.78 is 0. The van der Waals surface area contributed by atoms with Gasteiger partial charge in [0.2, 0.25) is 0 Å². The molecule has 2 aromatic rings. The first-order valence-corrected chi connectivity index (χ1v) is 6.97. The molecule has 0 spiro atoms. The highest BCUT2D eigenvalue weighted by atomic mass is 16.3. The third kappa shape index (κ3) is 4.43. The van der Waals surface area contributed by atoms with Crippen LogP contribution < -0.4 is 10.6 Å². The van der Waals surface area contributed by atoms with Gasteiger partial charge in [0.05, 0.1) is 6.61 Å². The molecule has 2 aromatic carbocycles. The van der Waals surface area contributed by atoms with Gasteiger partial charge in [0.1, 0.15) is 0 Å². The zero-order valence-corrected chi connectivity index (χ0v) is 12.4. The summed E-state index contributed by atoms with van der Waals surface area (Å²) >= 11 is 0. The fraction of sp³-hybridized carbons (Fsp3) is 0.111. The third-order valence-corrected chi connectivity index (χ3v) is 3.22. The van der Waals surface area contributed by atoms with E-state index in [1.807, 2.05) is 0 Å². The highest BCUT2D eigenvalue weighted by Gasteiger charge is 2.14. The van der Waals surface area contributed by atoms with Gasteiger partial charge in [-0.1, -0.05) is 36.3 Å². The standard InChI is InChI=1S/C18H16N2O3/c1-2-13-6-5-9-16(10-13)20-18(23)17(22)19-11-14-7-3-4-8-15(14)12-21/h1,3-10,21H,11-12H2,(H,19,22)(H,20,23). The number of terminal acetylenes is 1. The lowest BCUT2D eigenvalue weighted by Crippen LogP contribution is -2.35. The van der Waals surface area contributed by atoms with Crippen LogP contribution in [0.5, 0.6) is 0 Å². The molecular weight excluding hydrogens is 292 g/mol. The smallest absolute Gasteiger partial charge is 0.313 e. The molecule has 116 valence electrons. The van der Waals surface area contributed by atoms with Gasteiger partial charge >= 0.3 is 11.8 Å². The molecule has 0 aliphatic heterocycles. The van der Waals surface area contributed by atoms with E-state index in [-0.39, 0.29) is 13.2 Å². The summed E-state index contributed by atoms with van der Waals surface area (Å²) in [5, 5.41) is 14.2. The number of benzene rings is 2. The number of rotatable bonds is 4. The van der Waals surface area contributed by atoms with Crippen LogP contribution >= 0.6 is 0 Å². The van der Waals surface area contributed by atoms with Gasteiger partial charge in [-0.3, -0.25) is 9.59 Å². The van der Waals surface area contributed by atoms with E-state index in [2.05, 4.69) is 16.6 Å². The van der Waals surface area contributed by atoms with Gasteiger partial charge in [-0.25, -0.2) is 0 Å². The van der Waals surface area contributed by atoms with E-state index in [1.165, 1.54) is 0 Å². The number of aliphatic hydroxyl groups is 1. The second kappa shape index (κ2) is 7.78. The minimum atomic E-state index is -0.777. The summed E-state index contributed by atoms with van der Waals surface area (Å²) in [6.07, 6.45) is 5.29. The van der Waals surface area contributed by atoms with Crippen LogP contribution in [0.3, 0.4) is 0 Å². The number of hydrogen-bond donors (Lipinski definition) is 3. The van der Waals surface area contributed by atoms with E-state index in [4.69, 9.17) is 6.42 Å². The average Bonchev–Trinajstić information content (AvgIpc) is 2.59. The minimum absolute atomic E-state index is 0.128. The lowest BCUT2D eigenvalue weighted by molar-refractivity contribution is -0.136. The topological polar surface area (TPSA) is 78.4 Å². The normalized spacial score (nSPS) is 9.74. The quantitative estimate of drug-likeness (QED) is 0.590. The van der Waals surface area contributed by atoms with Crippen LogP contribution in [0.1, 0.15) is 16.7 Å². The number of hydrogen-bond acceptors (Lipinski definition) is 3. The number of nitrogens with one attached hydrogen (secondary N) is 2. The molecule has 0 atom stereocenters. The van der Waals surface area contributed by atoms with Crippen molar-refractivity contribution in [1.82, 2.24) is 5.32 Å². The zero-order chi connectivity index (χ0) is 16.7. The van der Waals surface area contributed by atoms with Crippen LogP contribution in [0, 0.1) is 12.3 Å². The predicted molar refractivity (Wildman–Crippen MR) is 87.2 cm³/mol. The number of carbonyl (C=O) groups is 2. The van der Waals surface area contributed by atoms with Crippen molar-refractivity contribution in [2.24, 2.45) is 0 Å². The third-order valence-electron chi connectivity index (χ3n) is 3.22. The summed E-state index contributed by atoms with van der Waals surface area (Å²) in [6, 6.07) is 13.8. The first kappa shape index (κ1) is 16.3. The van der Waals surface area contributed by atoms with E-state index in [0.29, 0.717) is 16.8 Å². The fourth-order valence-electron chi connectivity index (χ4n) is 2.01. The number of amides is 2. The van der Waals surface area contributed by atoms with E-state index in [0.717, 1.165) is 5.56 Å². The lowest BCUT2D eigenvalue weighted by Gasteiger charge is -2.09. The van der Waals surface area contributed by atoms with E-state index >= 15 is 0 Å². The molecule has 0 radical (unpaired) electrons. The zero-order valence-electron chi connectivity index (χ0n) is 12.4. The lowest BCUT2D eigenvalue weighted by atomic mass is 10.1. The second-order valence-corrected chi connectivity index (χ2v) is 4.79. The van der Waals surface area contributed by atoms with Crippen LogP contribution in [0.25, 0.3) is 0 Å². The molecule has 0 bridgehead atoms. The van der Waals surface area contributed by atoms with Crippen molar-refractivity contribution in [3.05, 3.63) is 65.2 Å². The molecule has 5 nitrogen and oxygen atoms in total. The van der Waals surface area contributed by atoms with Crippen LogP contribution in [-0.4, -0.2) is 16.9 Å². The summed E-state index contributed by atoms with van der Waals surface area (Å²) in [5.41, 5.74) is 2.52. The van der Waals surface area contributed by atoms with Crippen molar-refractivity contribution >= 4 is 17.5 Å². The maximum Gasteiger partial charge on any atom is 0.313 e. The Hall–Kier alpha value is -3.10. The number of anilines is 1. The van der Waals surface area contributed by atoms with Crippen molar-refractivity contribution in [3.8, 4) is 12.3 Å². The van der Waals surface area contributed by atoms with E-state index in [9.17, 15) is 14.7 Å². The van der Waals surface area contributed by atoms with Gasteiger partial charge in [-0.15, -0.1) is 6.42 Å². The molecule has 0 aliphatic rings. The Morgan fingerprint density at radius 2 is 1.78 bits per heavy atom. The van der Waals surface area contributed by atoms with E-state index in [1.54, 1.807) is 48.5 Å². The molecule has 0 fully saturated rings. The summed E-state index contributed by atoms with van der Waals surface area (Å²) in [7, 11) is 0.